The van der Waals surface area contributed by atoms with E-state index in [2.05, 4.69) is 9.88 Å². The number of hydrogen-bond donors (Lipinski definition) is 1. The van der Waals surface area contributed by atoms with Crippen LogP contribution in [0, 0.1) is 5.82 Å². The van der Waals surface area contributed by atoms with Crippen molar-refractivity contribution in [2.24, 2.45) is 5.73 Å². The highest BCUT2D eigenvalue weighted by Gasteiger charge is 2.23. The van der Waals surface area contributed by atoms with Crippen molar-refractivity contribution in [3.05, 3.63) is 24.1 Å². The summed E-state index contributed by atoms with van der Waals surface area (Å²) in [5.41, 5.74) is 5.80. The zero-order valence-corrected chi connectivity index (χ0v) is 9.27. The number of hydrogen-bond acceptors (Lipinski definition) is 4. The maximum atomic E-state index is 12.7. The monoisotopic (exact) mass is 225 g/mol. The molecule has 0 spiro atoms. The molecule has 16 heavy (non-hydrogen) atoms. The number of halogens is 1. The fraction of sp³-hybridized carbons (Fsp3) is 0.545. The van der Waals surface area contributed by atoms with Crippen LogP contribution in [0.3, 0.4) is 0 Å². The van der Waals surface area contributed by atoms with Gasteiger partial charge in [-0.15, -0.1) is 0 Å². The Labute approximate surface area is 94.2 Å². The molecule has 1 aliphatic rings. The molecule has 1 fully saturated rings. The lowest BCUT2D eigenvalue weighted by Crippen LogP contribution is -2.49. The van der Waals surface area contributed by atoms with Crippen molar-refractivity contribution in [2.45, 2.75) is 19.1 Å². The van der Waals surface area contributed by atoms with Gasteiger partial charge >= 0.3 is 0 Å². The predicted octanol–water partition coefficient (Wildman–Crippen LogP) is 0.773. The molecule has 2 unspecified atom stereocenters. The molecule has 2 atom stereocenters. The Bertz CT molecular complexity index is 342. The first kappa shape index (κ1) is 11.3. The van der Waals surface area contributed by atoms with E-state index in [0.29, 0.717) is 13.2 Å². The van der Waals surface area contributed by atoms with Gasteiger partial charge in [-0.1, -0.05) is 0 Å². The van der Waals surface area contributed by atoms with Gasteiger partial charge in [-0.2, -0.15) is 0 Å². The number of anilines is 1. The molecule has 1 aromatic rings. The fourth-order valence-electron chi connectivity index (χ4n) is 1.76. The first-order valence-electron chi connectivity index (χ1n) is 5.40. The Kier molecular flexibility index (Phi) is 3.36. The number of morpholine rings is 1. The van der Waals surface area contributed by atoms with Gasteiger partial charge in [-0.3, -0.25) is 0 Å². The Balaban J connectivity index is 2.06. The molecule has 88 valence electrons. The first-order valence-corrected chi connectivity index (χ1v) is 5.40. The summed E-state index contributed by atoms with van der Waals surface area (Å²) in [4.78, 5) is 6.12. The Morgan fingerprint density at radius 3 is 3.06 bits per heavy atom. The lowest BCUT2D eigenvalue weighted by Gasteiger charge is -2.35. The van der Waals surface area contributed by atoms with Gasteiger partial charge in [-0.25, -0.2) is 9.37 Å². The van der Waals surface area contributed by atoms with Crippen molar-refractivity contribution in [1.82, 2.24) is 4.98 Å². The quantitative estimate of drug-likeness (QED) is 0.808. The molecule has 0 aromatic carbocycles. The van der Waals surface area contributed by atoms with Crippen LogP contribution in [-0.2, 0) is 4.74 Å². The smallest absolute Gasteiger partial charge is 0.141 e. The summed E-state index contributed by atoms with van der Waals surface area (Å²) in [5, 5.41) is 0. The number of aromatic nitrogens is 1. The standard InChI is InChI=1S/C11H16FN3O/c1-8(13)10-7-15(4-5-16-10)11-3-2-9(12)6-14-11/h2-3,6,8,10H,4-5,7,13H2,1H3. The van der Waals surface area contributed by atoms with Crippen LogP contribution < -0.4 is 10.6 Å². The summed E-state index contributed by atoms with van der Waals surface area (Å²) in [6.45, 7) is 4.02. The van der Waals surface area contributed by atoms with Crippen molar-refractivity contribution in [3.63, 3.8) is 0 Å². The molecule has 0 bridgehead atoms. The van der Waals surface area contributed by atoms with Gasteiger partial charge in [0.1, 0.15) is 11.6 Å². The van der Waals surface area contributed by atoms with E-state index in [4.69, 9.17) is 10.5 Å². The zero-order valence-electron chi connectivity index (χ0n) is 9.27. The molecule has 2 heterocycles. The second-order valence-corrected chi connectivity index (χ2v) is 4.05. The van der Waals surface area contributed by atoms with E-state index in [9.17, 15) is 4.39 Å². The average Bonchev–Trinajstić information content (AvgIpc) is 2.30. The van der Waals surface area contributed by atoms with Gasteiger partial charge in [0, 0.05) is 19.1 Å². The van der Waals surface area contributed by atoms with Gasteiger partial charge < -0.3 is 15.4 Å². The highest BCUT2D eigenvalue weighted by atomic mass is 19.1. The molecule has 2 rings (SSSR count). The fourth-order valence-corrected chi connectivity index (χ4v) is 1.76. The number of nitrogens with zero attached hydrogens (tertiary/aromatic N) is 2. The van der Waals surface area contributed by atoms with Gasteiger partial charge in [0.15, 0.2) is 0 Å². The third kappa shape index (κ3) is 2.48. The van der Waals surface area contributed by atoms with E-state index in [1.54, 1.807) is 6.07 Å². The van der Waals surface area contributed by atoms with Crippen LogP contribution in [0.2, 0.25) is 0 Å². The minimum Gasteiger partial charge on any atom is -0.373 e. The maximum Gasteiger partial charge on any atom is 0.141 e. The summed E-state index contributed by atoms with van der Waals surface area (Å²) in [7, 11) is 0. The van der Waals surface area contributed by atoms with E-state index >= 15 is 0 Å². The Morgan fingerprint density at radius 2 is 2.44 bits per heavy atom. The van der Waals surface area contributed by atoms with Crippen LogP contribution in [0.25, 0.3) is 0 Å². The van der Waals surface area contributed by atoms with Crippen LogP contribution >= 0.6 is 0 Å². The third-order valence-corrected chi connectivity index (χ3v) is 2.72. The Morgan fingerprint density at radius 1 is 1.62 bits per heavy atom. The van der Waals surface area contributed by atoms with E-state index < -0.39 is 0 Å². The number of ether oxygens (including phenoxy) is 1. The molecule has 5 heteroatoms. The lowest BCUT2D eigenvalue weighted by atomic mass is 10.1. The topological polar surface area (TPSA) is 51.4 Å². The van der Waals surface area contributed by atoms with Crippen molar-refractivity contribution < 1.29 is 9.13 Å². The normalized spacial score (nSPS) is 23.2. The highest BCUT2D eigenvalue weighted by Crippen LogP contribution is 2.16. The van der Waals surface area contributed by atoms with Crippen molar-refractivity contribution in [1.29, 1.82) is 0 Å². The largest absolute Gasteiger partial charge is 0.373 e. The molecule has 1 saturated heterocycles. The second kappa shape index (κ2) is 4.76. The minimum absolute atomic E-state index is 0.0109. The SMILES string of the molecule is CC(N)C1CN(c2ccc(F)cn2)CCO1. The van der Waals surface area contributed by atoms with Crippen molar-refractivity contribution in [2.75, 3.05) is 24.6 Å². The van der Waals surface area contributed by atoms with E-state index in [-0.39, 0.29) is 18.0 Å². The van der Waals surface area contributed by atoms with Gasteiger partial charge in [-0.05, 0) is 19.1 Å². The summed E-state index contributed by atoms with van der Waals surface area (Å²) >= 11 is 0. The first-order chi connectivity index (χ1) is 7.66. The summed E-state index contributed by atoms with van der Waals surface area (Å²) in [5.74, 6) is 0.455. The number of rotatable bonds is 2. The Hall–Kier alpha value is -1.20. The third-order valence-electron chi connectivity index (χ3n) is 2.72. The van der Waals surface area contributed by atoms with Crippen LogP contribution in [0.1, 0.15) is 6.92 Å². The molecule has 1 aliphatic heterocycles. The van der Waals surface area contributed by atoms with Crippen LogP contribution in [0.15, 0.2) is 18.3 Å². The highest BCUT2D eigenvalue weighted by molar-refractivity contribution is 5.38. The van der Waals surface area contributed by atoms with E-state index in [0.717, 1.165) is 12.4 Å². The number of nitrogens with two attached hydrogens (primary N) is 1. The van der Waals surface area contributed by atoms with E-state index in [1.165, 1.54) is 12.3 Å². The van der Waals surface area contributed by atoms with Crippen LogP contribution in [0.4, 0.5) is 10.2 Å². The molecule has 4 nitrogen and oxygen atoms in total. The summed E-state index contributed by atoms with van der Waals surface area (Å²) in [6.07, 6.45) is 1.24. The molecule has 2 N–H and O–H groups in total. The second-order valence-electron chi connectivity index (χ2n) is 4.05. The maximum absolute atomic E-state index is 12.7. The average molecular weight is 225 g/mol. The lowest BCUT2D eigenvalue weighted by molar-refractivity contribution is 0.0273. The molecular formula is C11H16FN3O. The van der Waals surface area contributed by atoms with Crippen LogP contribution in [0.5, 0.6) is 0 Å². The van der Waals surface area contributed by atoms with Gasteiger partial charge in [0.25, 0.3) is 0 Å². The van der Waals surface area contributed by atoms with Crippen molar-refractivity contribution >= 4 is 5.82 Å². The predicted molar refractivity (Wildman–Crippen MR) is 59.8 cm³/mol. The summed E-state index contributed by atoms with van der Waals surface area (Å²) < 4.78 is 18.3. The minimum atomic E-state index is -0.319. The van der Waals surface area contributed by atoms with E-state index in [1.807, 2.05) is 6.92 Å². The molecule has 0 saturated carbocycles. The van der Waals surface area contributed by atoms with Gasteiger partial charge in [0.05, 0.1) is 18.9 Å². The molecule has 0 aliphatic carbocycles. The van der Waals surface area contributed by atoms with Crippen LogP contribution in [-0.4, -0.2) is 36.8 Å². The number of pyridine rings is 1. The van der Waals surface area contributed by atoms with Gasteiger partial charge in [0.2, 0.25) is 0 Å². The zero-order chi connectivity index (χ0) is 11.5. The molecule has 0 radical (unpaired) electrons. The molecule has 0 amide bonds. The molecular weight excluding hydrogens is 209 g/mol. The molecule has 1 aromatic heterocycles. The summed E-state index contributed by atoms with van der Waals surface area (Å²) in [6, 6.07) is 3.08. The van der Waals surface area contributed by atoms with Crippen molar-refractivity contribution in [3.8, 4) is 0 Å².